The number of aryl methyl sites for hydroxylation is 2. The molecule has 1 aromatic rings. The van der Waals surface area contributed by atoms with Crippen LogP contribution in [0.2, 0.25) is 0 Å². The molecule has 1 fully saturated rings. The van der Waals surface area contributed by atoms with Crippen LogP contribution in [-0.4, -0.2) is 41.7 Å². The van der Waals surface area contributed by atoms with Crippen LogP contribution < -0.4 is 5.32 Å². The zero-order valence-corrected chi connectivity index (χ0v) is 12.5. The lowest BCUT2D eigenvalue weighted by atomic mass is 10.0. The highest BCUT2D eigenvalue weighted by Crippen LogP contribution is 2.19. The Kier molecular flexibility index (Phi) is 4.78. The third-order valence-corrected chi connectivity index (χ3v) is 4.15. The molecule has 0 saturated carbocycles. The minimum absolute atomic E-state index is 0.0134. The number of anilines is 1. The van der Waals surface area contributed by atoms with E-state index in [1.165, 1.54) is 11.1 Å². The Morgan fingerprint density at radius 2 is 2.20 bits per heavy atom. The van der Waals surface area contributed by atoms with E-state index >= 15 is 0 Å². The van der Waals surface area contributed by atoms with Crippen molar-refractivity contribution in [1.29, 1.82) is 0 Å². The van der Waals surface area contributed by atoms with Gasteiger partial charge >= 0.3 is 0 Å². The van der Waals surface area contributed by atoms with Crippen molar-refractivity contribution in [3.63, 3.8) is 0 Å². The summed E-state index contributed by atoms with van der Waals surface area (Å²) in [5.41, 5.74) is 3.25. The Bertz CT molecular complexity index is 485. The molecule has 1 aliphatic rings. The molecule has 0 spiro atoms. The molecule has 20 heavy (non-hydrogen) atoms. The van der Waals surface area contributed by atoms with Crippen LogP contribution in [0.1, 0.15) is 24.5 Å². The van der Waals surface area contributed by atoms with Gasteiger partial charge in [0.25, 0.3) is 0 Å². The monoisotopic (exact) mass is 276 g/mol. The number of benzene rings is 1. The van der Waals surface area contributed by atoms with E-state index in [4.69, 9.17) is 0 Å². The first kappa shape index (κ1) is 15.0. The number of aliphatic hydroxyl groups excluding tert-OH is 1. The summed E-state index contributed by atoms with van der Waals surface area (Å²) >= 11 is 0. The van der Waals surface area contributed by atoms with E-state index in [9.17, 15) is 9.90 Å². The molecule has 110 valence electrons. The molecule has 0 bridgehead atoms. The third kappa shape index (κ3) is 3.81. The van der Waals surface area contributed by atoms with Gasteiger partial charge in [-0.15, -0.1) is 0 Å². The fraction of sp³-hybridized carbons (Fsp3) is 0.562. The third-order valence-electron chi connectivity index (χ3n) is 4.15. The smallest absolute Gasteiger partial charge is 0.238 e. The Hall–Kier alpha value is -1.39. The van der Waals surface area contributed by atoms with Crippen molar-refractivity contribution >= 4 is 11.6 Å². The summed E-state index contributed by atoms with van der Waals surface area (Å²) in [6.45, 7) is 8.01. The van der Waals surface area contributed by atoms with Crippen LogP contribution >= 0.6 is 0 Å². The highest BCUT2D eigenvalue weighted by molar-refractivity contribution is 5.92. The molecule has 4 nitrogen and oxygen atoms in total. The number of rotatable bonds is 4. The minimum Gasteiger partial charge on any atom is -0.393 e. The highest BCUT2D eigenvalue weighted by Gasteiger charge is 2.26. The van der Waals surface area contributed by atoms with E-state index in [-0.39, 0.29) is 12.0 Å². The van der Waals surface area contributed by atoms with Crippen molar-refractivity contribution in [2.24, 2.45) is 5.92 Å². The van der Waals surface area contributed by atoms with E-state index in [0.29, 0.717) is 12.5 Å². The second-order valence-electron chi connectivity index (χ2n) is 5.87. The van der Waals surface area contributed by atoms with Gasteiger partial charge in [-0.3, -0.25) is 9.69 Å². The maximum Gasteiger partial charge on any atom is 0.238 e. The summed E-state index contributed by atoms with van der Waals surface area (Å²) in [7, 11) is 0. The van der Waals surface area contributed by atoms with Gasteiger partial charge in [0.15, 0.2) is 0 Å². The van der Waals surface area contributed by atoms with Crippen molar-refractivity contribution in [2.45, 2.75) is 33.3 Å². The second-order valence-corrected chi connectivity index (χ2v) is 5.87. The fourth-order valence-corrected chi connectivity index (χ4v) is 2.62. The summed E-state index contributed by atoms with van der Waals surface area (Å²) in [5, 5.41) is 12.5. The van der Waals surface area contributed by atoms with E-state index in [0.717, 1.165) is 25.2 Å². The first-order valence-electron chi connectivity index (χ1n) is 7.23. The van der Waals surface area contributed by atoms with Crippen LogP contribution in [0.5, 0.6) is 0 Å². The maximum atomic E-state index is 12.0. The van der Waals surface area contributed by atoms with Gasteiger partial charge in [0.2, 0.25) is 5.91 Å². The molecule has 0 aromatic heterocycles. The molecule has 1 aromatic carbocycles. The Labute approximate surface area is 120 Å². The van der Waals surface area contributed by atoms with Crippen LogP contribution in [0.4, 0.5) is 5.69 Å². The minimum atomic E-state index is -0.289. The predicted octanol–water partition coefficient (Wildman–Crippen LogP) is 1.94. The van der Waals surface area contributed by atoms with Gasteiger partial charge in [-0.1, -0.05) is 6.07 Å². The van der Waals surface area contributed by atoms with E-state index in [1.54, 1.807) is 0 Å². The van der Waals surface area contributed by atoms with Crippen LogP contribution in [0.3, 0.4) is 0 Å². The zero-order valence-electron chi connectivity index (χ0n) is 12.5. The lowest BCUT2D eigenvalue weighted by Crippen LogP contribution is -2.32. The molecule has 1 heterocycles. The molecule has 1 amide bonds. The number of likely N-dealkylation sites (tertiary alicyclic amines) is 1. The number of nitrogens with zero attached hydrogens (tertiary/aromatic N) is 1. The highest BCUT2D eigenvalue weighted by atomic mass is 16.3. The number of carbonyl (C=O) groups is 1. The Morgan fingerprint density at radius 1 is 1.45 bits per heavy atom. The first-order valence-corrected chi connectivity index (χ1v) is 7.23. The number of hydrogen-bond acceptors (Lipinski definition) is 3. The first-order chi connectivity index (χ1) is 9.45. The summed E-state index contributed by atoms with van der Waals surface area (Å²) in [6, 6.07) is 5.95. The van der Waals surface area contributed by atoms with Gasteiger partial charge in [-0.05, 0) is 62.9 Å². The van der Waals surface area contributed by atoms with Crippen LogP contribution in [-0.2, 0) is 4.79 Å². The predicted molar refractivity (Wildman–Crippen MR) is 80.8 cm³/mol. The lowest BCUT2D eigenvalue weighted by molar-refractivity contribution is -0.117. The molecule has 2 rings (SSSR count). The Balaban J connectivity index is 1.85. The molecule has 2 N–H and O–H groups in total. The van der Waals surface area contributed by atoms with Crippen molar-refractivity contribution in [1.82, 2.24) is 4.90 Å². The molecular formula is C16H24N2O2. The summed E-state index contributed by atoms with van der Waals surface area (Å²) in [6.07, 6.45) is 0.678. The number of nitrogens with one attached hydrogen (secondary N) is 1. The van der Waals surface area contributed by atoms with Crippen molar-refractivity contribution in [3.8, 4) is 0 Å². The number of carbonyl (C=O) groups excluding carboxylic acids is 1. The van der Waals surface area contributed by atoms with E-state index in [1.807, 2.05) is 32.0 Å². The fourth-order valence-electron chi connectivity index (χ4n) is 2.62. The molecule has 0 radical (unpaired) electrons. The van der Waals surface area contributed by atoms with Crippen molar-refractivity contribution in [2.75, 3.05) is 25.0 Å². The van der Waals surface area contributed by atoms with Gasteiger partial charge < -0.3 is 10.4 Å². The SMILES string of the molecule is Cc1ccc(NC(=O)CN2CC[C@H]([C@H](C)O)C2)cc1C. The average Bonchev–Trinajstić information content (AvgIpc) is 2.82. The lowest BCUT2D eigenvalue weighted by Gasteiger charge is -2.17. The van der Waals surface area contributed by atoms with Crippen molar-refractivity contribution < 1.29 is 9.90 Å². The number of amides is 1. The zero-order chi connectivity index (χ0) is 14.7. The summed E-state index contributed by atoms with van der Waals surface area (Å²) in [5.74, 6) is 0.309. The molecule has 0 unspecified atom stereocenters. The van der Waals surface area contributed by atoms with Crippen LogP contribution in [0.25, 0.3) is 0 Å². The average molecular weight is 276 g/mol. The molecule has 1 saturated heterocycles. The maximum absolute atomic E-state index is 12.0. The summed E-state index contributed by atoms with van der Waals surface area (Å²) < 4.78 is 0. The molecule has 2 atom stereocenters. The second kappa shape index (κ2) is 6.37. The normalized spacial score (nSPS) is 20.9. The van der Waals surface area contributed by atoms with Gasteiger partial charge in [0.1, 0.15) is 0 Å². The molecule has 1 aliphatic heterocycles. The van der Waals surface area contributed by atoms with Gasteiger partial charge in [-0.25, -0.2) is 0 Å². The Morgan fingerprint density at radius 3 is 2.80 bits per heavy atom. The van der Waals surface area contributed by atoms with E-state index < -0.39 is 0 Å². The summed E-state index contributed by atoms with van der Waals surface area (Å²) in [4.78, 5) is 14.1. The molecule has 0 aliphatic carbocycles. The van der Waals surface area contributed by atoms with Crippen molar-refractivity contribution in [3.05, 3.63) is 29.3 Å². The largest absolute Gasteiger partial charge is 0.393 e. The van der Waals surface area contributed by atoms with E-state index in [2.05, 4.69) is 17.1 Å². The molecule has 4 heteroatoms. The standard InChI is InChI=1S/C16H24N2O2/c1-11-4-5-15(8-12(11)2)17-16(20)10-18-7-6-14(9-18)13(3)19/h4-5,8,13-14,19H,6-7,9-10H2,1-3H3,(H,17,20)/t13-,14-/m0/s1. The van der Waals surface area contributed by atoms with Gasteiger partial charge in [-0.2, -0.15) is 0 Å². The topological polar surface area (TPSA) is 52.6 Å². The number of aliphatic hydroxyl groups is 1. The quantitative estimate of drug-likeness (QED) is 0.883. The van der Waals surface area contributed by atoms with Crippen LogP contribution in [0, 0.1) is 19.8 Å². The van der Waals surface area contributed by atoms with Crippen LogP contribution in [0.15, 0.2) is 18.2 Å². The molecular weight excluding hydrogens is 252 g/mol. The van der Waals surface area contributed by atoms with Gasteiger partial charge in [0.05, 0.1) is 12.6 Å². The van der Waals surface area contributed by atoms with Gasteiger partial charge in [0, 0.05) is 12.2 Å². The number of hydrogen-bond donors (Lipinski definition) is 2.